The summed E-state index contributed by atoms with van der Waals surface area (Å²) in [6.07, 6.45) is 2.23. The smallest absolute Gasteiger partial charge is 0.239 e. The fourth-order valence-corrected chi connectivity index (χ4v) is 3.32. The van der Waals surface area contributed by atoms with Crippen molar-refractivity contribution >= 4 is 11.8 Å². The summed E-state index contributed by atoms with van der Waals surface area (Å²) in [6.45, 7) is 16.4. The van der Waals surface area contributed by atoms with E-state index in [4.69, 9.17) is 0 Å². The van der Waals surface area contributed by atoms with Crippen LogP contribution in [0.4, 0.5) is 0 Å². The minimum atomic E-state index is -0.128. The SMILES string of the molecule is C=C(C)CN(CC)C(=O)C(C)N1CCN(C(C)C(=O)NC2CC2)CC1. The van der Waals surface area contributed by atoms with E-state index in [0.717, 1.165) is 44.6 Å². The minimum absolute atomic E-state index is 0.0932. The van der Waals surface area contributed by atoms with Crippen LogP contribution in [0.25, 0.3) is 0 Å². The van der Waals surface area contributed by atoms with Crippen LogP contribution in [0.2, 0.25) is 0 Å². The van der Waals surface area contributed by atoms with E-state index in [1.54, 1.807) is 0 Å². The standard InChI is InChI=1S/C19H34N4O2/c1-6-21(13-14(2)3)19(25)16(5)23-11-9-22(10-12-23)15(4)18(24)20-17-7-8-17/h15-17H,2,6-13H2,1,3-5H3,(H,20,24). The van der Waals surface area contributed by atoms with Crippen LogP contribution in [0.5, 0.6) is 0 Å². The molecule has 25 heavy (non-hydrogen) atoms. The second-order valence-electron chi connectivity index (χ2n) is 7.52. The number of piperazine rings is 1. The van der Waals surface area contributed by atoms with Gasteiger partial charge in [-0.3, -0.25) is 19.4 Å². The third-order valence-corrected chi connectivity index (χ3v) is 5.26. The number of likely N-dealkylation sites (N-methyl/N-ethyl adjacent to an activating group) is 1. The highest BCUT2D eigenvalue weighted by Crippen LogP contribution is 2.19. The van der Waals surface area contributed by atoms with Gasteiger partial charge in [-0.1, -0.05) is 12.2 Å². The quantitative estimate of drug-likeness (QED) is 0.666. The van der Waals surface area contributed by atoms with Gasteiger partial charge in [-0.15, -0.1) is 0 Å². The molecule has 0 aromatic rings. The molecule has 2 rings (SSSR count). The van der Waals surface area contributed by atoms with Gasteiger partial charge in [0.25, 0.3) is 0 Å². The molecule has 6 nitrogen and oxygen atoms in total. The number of hydrogen-bond acceptors (Lipinski definition) is 4. The summed E-state index contributed by atoms with van der Waals surface area (Å²) in [5, 5.41) is 3.08. The summed E-state index contributed by atoms with van der Waals surface area (Å²) in [5.41, 5.74) is 1.00. The average Bonchev–Trinajstić information content (AvgIpc) is 3.41. The first kappa shape index (κ1) is 19.9. The van der Waals surface area contributed by atoms with Gasteiger partial charge >= 0.3 is 0 Å². The molecule has 0 spiro atoms. The van der Waals surface area contributed by atoms with E-state index < -0.39 is 0 Å². The Morgan fingerprint density at radius 1 is 1.12 bits per heavy atom. The molecule has 142 valence electrons. The molecule has 0 radical (unpaired) electrons. The number of nitrogens with one attached hydrogen (secondary N) is 1. The molecule has 0 aromatic carbocycles. The molecule has 2 atom stereocenters. The van der Waals surface area contributed by atoms with E-state index in [9.17, 15) is 9.59 Å². The maximum atomic E-state index is 12.7. The number of rotatable bonds is 8. The highest BCUT2D eigenvalue weighted by Gasteiger charge is 2.32. The Morgan fingerprint density at radius 2 is 1.64 bits per heavy atom. The summed E-state index contributed by atoms with van der Waals surface area (Å²) in [7, 11) is 0. The van der Waals surface area contributed by atoms with Crippen molar-refractivity contribution in [2.45, 2.75) is 58.7 Å². The Hall–Kier alpha value is -1.40. The van der Waals surface area contributed by atoms with Crippen molar-refractivity contribution in [2.24, 2.45) is 0 Å². The Kier molecular flexibility index (Phi) is 7.02. The van der Waals surface area contributed by atoms with Gasteiger partial charge in [0.05, 0.1) is 12.1 Å². The minimum Gasteiger partial charge on any atom is -0.352 e. The lowest BCUT2D eigenvalue weighted by Gasteiger charge is -2.40. The fourth-order valence-electron chi connectivity index (χ4n) is 3.32. The Bertz CT molecular complexity index is 496. The van der Waals surface area contributed by atoms with Gasteiger partial charge < -0.3 is 10.2 Å². The Labute approximate surface area is 152 Å². The first-order valence-electron chi connectivity index (χ1n) is 9.55. The van der Waals surface area contributed by atoms with Crippen LogP contribution in [-0.2, 0) is 9.59 Å². The lowest BCUT2D eigenvalue weighted by Crippen LogP contribution is -2.58. The molecule has 1 N–H and O–H groups in total. The highest BCUT2D eigenvalue weighted by atomic mass is 16.2. The maximum Gasteiger partial charge on any atom is 0.239 e. The van der Waals surface area contributed by atoms with Crippen LogP contribution in [0.1, 0.15) is 40.5 Å². The van der Waals surface area contributed by atoms with Gasteiger partial charge in [-0.05, 0) is 40.5 Å². The highest BCUT2D eigenvalue weighted by molar-refractivity contribution is 5.82. The second kappa shape index (κ2) is 8.81. The van der Waals surface area contributed by atoms with Crippen molar-refractivity contribution in [3.63, 3.8) is 0 Å². The van der Waals surface area contributed by atoms with E-state index in [2.05, 4.69) is 21.7 Å². The molecule has 6 heteroatoms. The maximum absolute atomic E-state index is 12.7. The number of carbonyl (C=O) groups is 2. The van der Waals surface area contributed by atoms with E-state index in [0.29, 0.717) is 19.1 Å². The van der Waals surface area contributed by atoms with Crippen LogP contribution >= 0.6 is 0 Å². The van der Waals surface area contributed by atoms with Crippen molar-refractivity contribution in [3.8, 4) is 0 Å². The van der Waals surface area contributed by atoms with Crippen LogP contribution in [0.15, 0.2) is 12.2 Å². The van der Waals surface area contributed by atoms with Gasteiger partial charge in [0.2, 0.25) is 11.8 Å². The van der Waals surface area contributed by atoms with Gasteiger partial charge in [-0.2, -0.15) is 0 Å². The number of amides is 2. The van der Waals surface area contributed by atoms with Crippen LogP contribution < -0.4 is 5.32 Å². The molecule has 2 aliphatic rings. The predicted octanol–water partition coefficient (Wildman–Crippen LogP) is 1.08. The van der Waals surface area contributed by atoms with E-state index in [1.807, 2.05) is 32.6 Å². The molecule has 2 amide bonds. The lowest BCUT2D eigenvalue weighted by atomic mass is 10.1. The van der Waals surface area contributed by atoms with E-state index >= 15 is 0 Å². The largest absolute Gasteiger partial charge is 0.352 e. The molecule has 0 bridgehead atoms. The zero-order chi connectivity index (χ0) is 18.6. The topological polar surface area (TPSA) is 55.9 Å². The molecule has 1 saturated heterocycles. The third-order valence-electron chi connectivity index (χ3n) is 5.26. The monoisotopic (exact) mass is 350 g/mol. The normalized spacial score (nSPS) is 21.4. The number of hydrogen-bond donors (Lipinski definition) is 1. The Balaban J connectivity index is 1.82. The predicted molar refractivity (Wildman–Crippen MR) is 100 cm³/mol. The van der Waals surface area contributed by atoms with Crippen LogP contribution in [0.3, 0.4) is 0 Å². The van der Waals surface area contributed by atoms with Gasteiger partial charge in [0.15, 0.2) is 0 Å². The van der Waals surface area contributed by atoms with E-state index in [-0.39, 0.29) is 23.9 Å². The zero-order valence-electron chi connectivity index (χ0n) is 16.3. The van der Waals surface area contributed by atoms with E-state index in [1.165, 1.54) is 0 Å². The molecular weight excluding hydrogens is 316 g/mol. The fraction of sp³-hybridized carbons (Fsp3) is 0.789. The number of nitrogens with zero attached hydrogens (tertiary/aromatic N) is 3. The first-order valence-corrected chi connectivity index (χ1v) is 9.55. The zero-order valence-corrected chi connectivity index (χ0v) is 16.3. The molecule has 2 fully saturated rings. The molecule has 1 saturated carbocycles. The summed E-state index contributed by atoms with van der Waals surface area (Å²) in [4.78, 5) is 31.3. The van der Waals surface area contributed by atoms with Crippen molar-refractivity contribution < 1.29 is 9.59 Å². The molecule has 1 aliphatic carbocycles. The lowest BCUT2D eigenvalue weighted by molar-refractivity contribution is -0.137. The van der Waals surface area contributed by atoms with Crippen molar-refractivity contribution in [1.29, 1.82) is 0 Å². The van der Waals surface area contributed by atoms with Gasteiger partial charge in [0.1, 0.15) is 0 Å². The first-order chi connectivity index (χ1) is 11.8. The van der Waals surface area contributed by atoms with Gasteiger partial charge in [-0.25, -0.2) is 0 Å². The molecule has 1 heterocycles. The third kappa shape index (κ3) is 5.54. The molecule has 2 unspecified atom stereocenters. The second-order valence-corrected chi connectivity index (χ2v) is 7.52. The molecule has 0 aromatic heterocycles. The van der Waals surface area contributed by atoms with Crippen molar-refractivity contribution in [2.75, 3.05) is 39.3 Å². The number of carbonyl (C=O) groups excluding carboxylic acids is 2. The van der Waals surface area contributed by atoms with Crippen LogP contribution in [0, 0.1) is 0 Å². The summed E-state index contributed by atoms with van der Waals surface area (Å²) in [5.74, 6) is 0.303. The molecule has 1 aliphatic heterocycles. The summed E-state index contributed by atoms with van der Waals surface area (Å²) >= 11 is 0. The Morgan fingerprint density at radius 3 is 2.08 bits per heavy atom. The van der Waals surface area contributed by atoms with Crippen molar-refractivity contribution in [1.82, 2.24) is 20.0 Å². The van der Waals surface area contributed by atoms with Crippen LogP contribution in [-0.4, -0.2) is 83.9 Å². The van der Waals surface area contributed by atoms with Crippen molar-refractivity contribution in [3.05, 3.63) is 12.2 Å². The van der Waals surface area contributed by atoms with Gasteiger partial charge in [0, 0.05) is 45.3 Å². The molecular formula is C19H34N4O2. The summed E-state index contributed by atoms with van der Waals surface area (Å²) < 4.78 is 0. The summed E-state index contributed by atoms with van der Waals surface area (Å²) in [6, 6.07) is 0.184. The average molecular weight is 351 g/mol.